The number of morpholine rings is 1. The fraction of sp³-hybridized carbons (Fsp3) is 0.778. The van der Waals surface area contributed by atoms with E-state index in [9.17, 15) is 22.8 Å². The van der Waals surface area contributed by atoms with E-state index in [0.29, 0.717) is 0 Å². The van der Waals surface area contributed by atoms with Crippen molar-refractivity contribution >= 4 is 23.6 Å². The molecule has 1 aliphatic rings. The summed E-state index contributed by atoms with van der Waals surface area (Å²) in [6, 6.07) is 0. The standard InChI is InChI=1S/C9H12F3NO4S/c10-9(11,12)18-5-7(14)13-1-2-17-6(4-13)3-8(15)16/h6H,1-5H2,(H,15,16). The Morgan fingerprint density at radius 1 is 1.44 bits per heavy atom. The first-order valence-electron chi connectivity index (χ1n) is 5.10. The minimum atomic E-state index is -4.44. The number of hydrogen-bond donors (Lipinski definition) is 1. The lowest BCUT2D eigenvalue weighted by molar-refractivity contribution is -0.146. The minimum absolute atomic E-state index is 0.0174. The molecule has 0 spiro atoms. The molecule has 1 N–H and O–H groups in total. The Kier molecular flexibility index (Phi) is 5.27. The van der Waals surface area contributed by atoms with Gasteiger partial charge >= 0.3 is 11.5 Å². The summed E-state index contributed by atoms with van der Waals surface area (Å²) in [4.78, 5) is 23.1. The summed E-state index contributed by atoms with van der Waals surface area (Å²) < 4.78 is 40.9. The number of alkyl halides is 3. The van der Waals surface area contributed by atoms with Gasteiger partial charge in [0.25, 0.3) is 0 Å². The van der Waals surface area contributed by atoms with Crippen LogP contribution in [0.5, 0.6) is 0 Å². The van der Waals surface area contributed by atoms with E-state index >= 15 is 0 Å². The van der Waals surface area contributed by atoms with Crippen molar-refractivity contribution in [2.24, 2.45) is 0 Å². The molecular formula is C9H12F3NO4S. The predicted molar refractivity (Wildman–Crippen MR) is 57.1 cm³/mol. The molecule has 1 saturated heterocycles. The van der Waals surface area contributed by atoms with Crippen LogP contribution in [0.1, 0.15) is 6.42 Å². The molecule has 1 fully saturated rings. The molecule has 9 heteroatoms. The highest BCUT2D eigenvalue weighted by molar-refractivity contribution is 8.00. The van der Waals surface area contributed by atoms with E-state index in [2.05, 4.69) is 0 Å². The van der Waals surface area contributed by atoms with E-state index in [1.165, 1.54) is 4.90 Å². The van der Waals surface area contributed by atoms with Gasteiger partial charge in [0, 0.05) is 13.1 Å². The predicted octanol–water partition coefficient (Wildman–Crippen LogP) is 0.942. The Hall–Kier alpha value is -0.960. The van der Waals surface area contributed by atoms with Gasteiger partial charge in [0.15, 0.2) is 0 Å². The van der Waals surface area contributed by atoms with E-state index in [0.717, 1.165) is 0 Å². The van der Waals surface area contributed by atoms with Crippen molar-refractivity contribution < 1.29 is 32.6 Å². The van der Waals surface area contributed by atoms with Gasteiger partial charge in [-0.25, -0.2) is 0 Å². The maximum Gasteiger partial charge on any atom is 0.442 e. The zero-order chi connectivity index (χ0) is 13.8. The lowest BCUT2D eigenvalue weighted by atomic mass is 10.2. The van der Waals surface area contributed by atoms with Crippen molar-refractivity contribution in [2.45, 2.75) is 18.0 Å². The van der Waals surface area contributed by atoms with Crippen molar-refractivity contribution in [1.29, 1.82) is 0 Å². The van der Waals surface area contributed by atoms with E-state index in [1.807, 2.05) is 0 Å². The van der Waals surface area contributed by atoms with Gasteiger partial charge in [-0.15, -0.1) is 0 Å². The number of halogens is 3. The molecule has 0 aliphatic carbocycles. The molecule has 104 valence electrons. The van der Waals surface area contributed by atoms with Gasteiger partial charge in [0.2, 0.25) is 5.91 Å². The topological polar surface area (TPSA) is 66.8 Å². The van der Waals surface area contributed by atoms with Gasteiger partial charge in [0.05, 0.1) is 24.9 Å². The summed E-state index contributed by atoms with van der Waals surface area (Å²) in [6.45, 7) is 0.345. The fourth-order valence-electron chi connectivity index (χ4n) is 1.50. The molecule has 0 aromatic heterocycles. The van der Waals surface area contributed by atoms with Gasteiger partial charge in [-0.05, 0) is 11.8 Å². The van der Waals surface area contributed by atoms with E-state index in [-0.39, 0.29) is 26.1 Å². The Labute approximate surface area is 105 Å². The third-order valence-electron chi connectivity index (χ3n) is 2.25. The Morgan fingerprint density at radius 3 is 2.67 bits per heavy atom. The van der Waals surface area contributed by atoms with Crippen LogP contribution in [0.25, 0.3) is 0 Å². The first kappa shape index (κ1) is 15.1. The summed E-state index contributed by atoms with van der Waals surface area (Å²) in [5, 5.41) is 8.56. The van der Waals surface area contributed by atoms with Crippen LogP contribution in [-0.4, -0.2) is 58.9 Å². The number of carboxylic acids is 1. The van der Waals surface area contributed by atoms with Crippen LogP contribution in [0.3, 0.4) is 0 Å². The largest absolute Gasteiger partial charge is 0.481 e. The Morgan fingerprint density at radius 2 is 2.11 bits per heavy atom. The first-order chi connectivity index (χ1) is 8.28. The number of carbonyl (C=O) groups is 2. The molecule has 1 aliphatic heterocycles. The average molecular weight is 287 g/mol. The molecule has 5 nitrogen and oxygen atoms in total. The minimum Gasteiger partial charge on any atom is -0.481 e. The van der Waals surface area contributed by atoms with Gasteiger partial charge in [-0.1, -0.05) is 0 Å². The molecule has 0 aromatic rings. The number of carbonyl (C=O) groups excluding carboxylic acids is 1. The summed E-state index contributed by atoms with van der Waals surface area (Å²) in [7, 11) is 0. The highest BCUT2D eigenvalue weighted by Crippen LogP contribution is 2.30. The first-order valence-corrected chi connectivity index (χ1v) is 6.08. The van der Waals surface area contributed by atoms with E-state index in [4.69, 9.17) is 9.84 Å². The number of amides is 1. The lowest BCUT2D eigenvalue weighted by Gasteiger charge is -2.32. The van der Waals surface area contributed by atoms with Crippen LogP contribution >= 0.6 is 11.8 Å². The molecule has 1 rings (SSSR count). The molecule has 0 aromatic carbocycles. The highest BCUT2D eigenvalue weighted by Gasteiger charge is 2.32. The van der Waals surface area contributed by atoms with Crippen molar-refractivity contribution in [1.82, 2.24) is 4.90 Å². The second kappa shape index (κ2) is 6.28. The Bertz CT molecular complexity index is 323. The van der Waals surface area contributed by atoms with Crippen molar-refractivity contribution in [2.75, 3.05) is 25.4 Å². The highest BCUT2D eigenvalue weighted by atomic mass is 32.2. The molecule has 1 atom stereocenters. The second-order valence-corrected chi connectivity index (χ2v) is 4.71. The van der Waals surface area contributed by atoms with Crippen LogP contribution in [0.15, 0.2) is 0 Å². The van der Waals surface area contributed by atoms with E-state index in [1.54, 1.807) is 0 Å². The summed E-state index contributed by atoms with van der Waals surface area (Å²) in [5.74, 6) is -2.42. The maximum absolute atomic E-state index is 11.9. The average Bonchev–Trinajstić information content (AvgIpc) is 2.24. The third-order valence-corrected chi connectivity index (χ3v) is 2.97. The van der Waals surface area contributed by atoms with Crippen molar-refractivity contribution in [3.8, 4) is 0 Å². The summed E-state index contributed by atoms with van der Waals surface area (Å²) in [5.41, 5.74) is -4.44. The van der Waals surface area contributed by atoms with Crippen molar-refractivity contribution in [3.63, 3.8) is 0 Å². The molecule has 0 bridgehead atoms. The van der Waals surface area contributed by atoms with Gasteiger partial charge < -0.3 is 14.7 Å². The Balaban J connectivity index is 2.41. The molecule has 0 saturated carbocycles. The van der Waals surface area contributed by atoms with Gasteiger partial charge in [-0.3, -0.25) is 9.59 Å². The van der Waals surface area contributed by atoms with Crippen LogP contribution in [-0.2, 0) is 14.3 Å². The number of hydrogen-bond acceptors (Lipinski definition) is 4. The smallest absolute Gasteiger partial charge is 0.442 e. The maximum atomic E-state index is 11.9. The summed E-state index contributed by atoms with van der Waals surface area (Å²) >= 11 is -0.398. The quantitative estimate of drug-likeness (QED) is 0.833. The molecule has 1 unspecified atom stereocenters. The lowest BCUT2D eigenvalue weighted by Crippen LogP contribution is -2.47. The van der Waals surface area contributed by atoms with E-state index < -0.39 is 41.0 Å². The number of carboxylic acid groups (broad SMARTS) is 1. The van der Waals surface area contributed by atoms with Crippen LogP contribution in [0, 0.1) is 0 Å². The number of thioether (sulfide) groups is 1. The van der Waals surface area contributed by atoms with Crippen LogP contribution < -0.4 is 0 Å². The molecule has 1 amide bonds. The molecule has 18 heavy (non-hydrogen) atoms. The third kappa shape index (κ3) is 5.58. The fourth-order valence-corrected chi connectivity index (χ4v) is 1.97. The zero-order valence-electron chi connectivity index (χ0n) is 9.27. The number of ether oxygens (including phenoxy) is 1. The second-order valence-electron chi connectivity index (χ2n) is 3.66. The molecular weight excluding hydrogens is 275 g/mol. The van der Waals surface area contributed by atoms with Crippen LogP contribution in [0.2, 0.25) is 0 Å². The number of rotatable bonds is 4. The number of nitrogens with zero attached hydrogens (tertiary/aromatic N) is 1. The van der Waals surface area contributed by atoms with Crippen molar-refractivity contribution in [3.05, 3.63) is 0 Å². The SMILES string of the molecule is O=C(O)CC1CN(C(=O)CSC(F)(F)F)CCO1. The molecule has 0 radical (unpaired) electrons. The normalized spacial score (nSPS) is 20.8. The monoisotopic (exact) mass is 287 g/mol. The number of aliphatic carboxylic acids is 1. The van der Waals surface area contributed by atoms with Gasteiger partial charge in [-0.2, -0.15) is 13.2 Å². The van der Waals surface area contributed by atoms with Crippen LogP contribution in [0.4, 0.5) is 13.2 Å². The van der Waals surface area contributed by atoms with Gasteiger partial charge in [0.1, 0.15) is 0 Å². The zero-order valence-corrected chi connectivity index (χ0v) is 10.1. The summed E-state index contributed by atoms with van der Waals surface area (Å²) in [6.07, 6.45) is -0.924. The molecule has 1 heterocycles.